The Morgan fingerprint density at radius 2 is 1.92 bits per heavy atom. The van der Waals surface area contributed by atoms with Gasteiger partial charge in [0.05, 0.1) is 6.20 Å². The summed E-state index contributed by atoms with van der Waals surface area (Å²) in [6.45, 7) is 1.58. The third kappa shape index (κ3) is 7.53. The van der Waals surface area contributed by atoms with Gasteiger partial charge in [0, 0.05) is 30.0 Å². The van der Waals surface area contributed by atoms with Crippen molar-refractivity contribution < 1.29 is 9.21 Å². The highest BCUT2D eigenvalue weighted by Crippen LogP contribution is 2.22. The summed E-state index contributed by atoms with van der Waals surface area (Å²) in [6.07, 6.45) is 3.46. The van der Waals surface area contributed by atoms with E-state index in [-0.39, 0.29) is 30.7 Å². The number of carbonyl (C=O) groups is 1. The molecule has 0 saturated carbocycles. The number of rotatable bonds is 8. The minimum absolute atomic E-state index is 0. The molecule has 0 fully saturated rings. The summed E-state index contributed by atoms with van der Waals surface area (Å²) < 4.78 is 5.66. The topological polar surface area (TPSA) is 67.2 Å². The minimum Gasteiger partial charge on any atom is -0.441 e. The Bertz CT molecular complexity index is 603. The van der Waals surface area contributed by atoms with Crippen LogP contribution < -0.4 is 10.6 Å². The summed E-state index contributed by atoms with van der Waals surface area (Å²) in [5, 5.41) is 6.58. The van der Waals surface area contributed by atoms with Crippen molar-refractivity contribution in [1.82, 2.24) is 15.6 Å². The number of hydrogen-bond acceptors (Lipinski definition) is 4. The van der Waals surface area contributed by atoms with Crippen LogP contribution in [0.4, 0.5) is 0 Å². The smallest absolute Gasteiger partial charge is 0.220 e. The third-order valence-corrected chi connectivity index (χ3v) is 3.43. The number of nitrogens with zero attached hydrogens (tertiary/aromatic N) is 1. The molecule has 2 rings (SSSR count). The molecule has 1 aromatic heterocycles. The summed E-state index contributed by atoms with van der Waals surface area (Å²) >= 11 is 5.86. The molecule has 0 spiro atoms. The Balaban J connectivity index is 0.00000264. The zero-order valence-corrected chi connectivity index (χ0v) is 15.8. The number of carbonyl (C=O) groups excluding carboxylic acids is 1. The summed E-state index contributed by atoms with van der Waals surface area (Å²) in [4.78, 5) is 15.9. The zero-order chi connectivity index (χ0) is 15.8. The van der Waals surface area contributed by atoms with E-state index in [4.69, 9.17) is 16.0 Å². The van der Waals surface area contributed by atoms with Crippen molar-refractivity contribution >= 4 is 42.3 Å². The van der Waals surface area contributed by atoms with Crippen molar-refractivity contribution in [2.45, 2.75) is 19.3 Å². The van der Waals surface area contributed by atoms with Gasteiger partial charge >= 0.3 is 0 Å². The maximum Gasteiger partial charge on any atom is 0.220 e. The quantitative estimate of drug-likeness (QED) is 0.673. The molecule has 0 aliphatic heterocycles. The van der Waals surface area contributed by atoms with Crippen molar-refractivity contribution in [2.24, 2.45) is 0 Å². The van der Waals surface area contributed by atoms with Gasteiger partial charge in [-0.3, -0.25) is 4.79 Å². The van der Waals surface area contributed by atoms with Gasteiger partial charge in [0.15, 0.2) is 11.7 Å². The number of oxazole rings is 1. The highest BCUT2D eigenvalue weighted by Gasteiger charge is 2.08. The number of amides is 1. The predicted molar refractivity (Wildman–Crippen MR) is 101 cm³/mol. The lowest BCUT2D eigenvalue weighted by Crippen LogP contribution is -2.26. The standard InChI is InChI=1S/C16H20ClN3O2.2ClH/c1-18-9-2-10-19-15(21)7-8-16-20-11-14(22-16)12-3-5-13(17)6-4-12;;/h3-6,11,18H,2,7-10H2,1H3,(H,19,21);2*1H. The highest BCUT2D eigenvalue weighted by molar-refractivity contribution is 6.30. The number of hydrogen-bond donors (Lipinski definition) is 2. The van der Waals surface area contributed by atoms with Crippen LogP contribution in [0.2, 0.25) is 5.02 Å². The zero-order valence-electron chi connectivity index (χ0n) is 13.4. The fraction of sp³-hybridized carbons (Fsp3) is 0.375. The molecular weight excluding hydrogens is 373 g/mol. The molecule has 24 heavy (non-hydrogen) atoms. The van der Waals surface area contributed by atoms with Gasteiger partial charge in [-0.2, -0.15) is 0 Å². The van der Waals surface area contributed by atoms with Crippen LogP contribution >= 0.6 is 36.4 Å². The van der Waals surface area contributed by atoms with Gasteiger partial charge < -0.3 is 15.1 Å². The van der Waals surface area contributed by atoms with Crippen LogP contribution in [0.1, 0.15) is 18.7 Å². The number of aromatic nitrogens is 1. The van der Waals surface area contributed by atoms with Crippen LogP contribution in [-0.2, 0) is 11.2 Å². The molecule has 134 valence electrons. The Kier molecular flexibility index (Phi) is 11.5. The second-order valence-corrected chi connectivity index (χ2v) is 5.37. The van der Waals surface area contributed by atoms with E-state index in [1.165, 1.54) is 0 Å². The molecular formula is C16H22Cl3N3O2. The van der Waals surface area contributed by atoms with E-state index in [1.54, 1.807) is 18.3 Å². The molecule has 2 N–H and O–H groups in total. The Labute approximate surface area is 159 Å². The average molecular weight is 395 g/mol. The van der Waals surface area contributed by atoms with E-state index in [9.17, 15) is 4.79 Å². The molecule has 0 bridgehead atoms. The highest BCUT2D eigenvalue weighted by atomic mass is 35.5. The van der Waals surface area contributed by atoms with Crippen LogP contribution in [0.5, 0.6) is 0 Å². The second-order valence-electron chi connectivity index (χ2n) is 4.93. The van der Waals surface area contributed by atoms with Gasteiger partial charge in [-0.25, -0.2) is 4.98 Å². The average Bonchev–Trinajstić information content (AvgIpc) is 2.99. The van der Waals surface area contributed by atoms with E-state index in [0.717, 1.165) is 18.5 Å². The first-order valence-electron chi connectivity index (χ1n) is 7.31. The van der Waals surface area contributed by atoms with Crippen molar-refractivity contribution in [3.8, 4) is 11.3 Å². The lowest BCUT2D eigenvalue weighted by molar-refractivity contribution is -0.121. The molecule has 0 atom stereocenters. The largest absolute Gasteiger partial charge is 0.441 e. The van der Waals surface area contributed by atoms with Crippen molar-refractivity contribution in [1.29, 1.82) is 0 Å². The second kappa shape index (κ2) is 12.1. The number of nitrogens with one attached hydrogen (secondary N) is 2. The van der Waals surface area contributed by atoms with E-state index >= 15 is 0 Å². The predicted octanol–water partition coefficient (Wildman–Crippen LogP) is 3.50. The Morgan fingerprint density at radius 3 is 2.58 bits per heavy atom. The first-order chi connectivity index (χ1) is 10.7. The van der Waals surface area contributed by atoms with E-state index in [2.05, 4.69) is 15.6 Å². The first kappa shape index (κ1) is 22.7. The van der Waals surface area contributed by atoms with E-state index in [1.807, 2.05) is 19.2 Å². The summed E-state index contributed by atoms with van der Waals surface area (Å²) in [7, 11) is 1.89. The van der Waals surface area contributed by atoms with Crippen LogP contribution in [0.3, 0.4) is 0 Å². The maximum absolute atomic E-state index is 11.7. The summed E-state index contributed by atoms with van der Waals surface area (Å²) in [5.74, 6) is 1.26. The molecule has 1 amide bonds. The monoisotopic (exact) mass is 393 g/mol. The Hall–Kier alpha value is -1.27. The molecule has 8 heteroatoms. The summed E-state index contributed by atoms with van der Waals surface area (Å²) in [5.41, 5.74) is 0.916. The van der Waals surface area contributed by atoms with Gasteiger partial charge in [0.25, 0.3) is 0 Å². The molecule has 0 aliphatic rings. The Morgan fingerprint density at radius 1 is 1.21 bits per heavy atom. The minimum atomic E-state index is 0. The van der Waals surface area contributed by atoms with Gasteiger partial charge in [-0.1, -0.05) is 11.6 Å². The molecule has 0 unspecified atom stereocenters. The van der Waals surface area contributed by atoms with E-state index in [0.29, 0.717) is 36.1 Å². The number of aryl methyl sites for hydroxylation is 1. The first-order valence-corrected chi connectivity index (χ1v) is 7.69. The maximum atomic E-state index is 11.7. The molecule has 0 saturated heterocycles. The SMILES string of the molecule is CNCCCNC(=O)CCc1ncc(-c2ccc(Cl)cc2)o1.Cl.Cl. The van der Waals surface area contributed by atoms with Crippen LogP contribution in [0.15, 0.2) is 34.9 Å². The van der Waals surface area contributed by atoms with Crippen LogP contribution in [0, 0.1) is 0 Å². The van der Waals surface area contributed by atoms with Gasteiger partial charge in [0.2, 0.25) is 5.91 Å². The van der Waals surface area contributed by atoms with Crippen molar-refractivity contribution in [3.63, 3.8) is 0 Å². The number of benzene rings is 1. The fourth-order valence-corrected chi connectivity index (χ4v) is 2.10. The normalized spacial score (nSPS) is 9.75. The molecule has 5 nitrogen and oxygen atoms in total. The van der Waals surface area contributed by atoms with Gasteiger partial charge in [-0.15, -0.1) is 24.8 Å². The number of halogens is 3. The van der Waals surface area contributed by atoms with Gasteiger partial charge in [0.1, 0.15) is 0 Å². The third-order valence-electron chi connectivity index (χ3n) is 3.17. The van der Waals surface area contributed by atoms with Crippen molar-refractivity contribution in [3.05, 3.63) is 41.4 Å². The molecule has 1 heterocycles. The van der Waals surface area contributed by atoms with Gasteiger partial charge in [-0.05, 0) is 44.3 Å². The van der Waals surface area contributed by atoms with E-state index < -0.39 is 0 Å². The van der Waals surface area contributed by atoms with Crippen LogP contribution in [-0.4, -0.2) is 31.0 Å². The fourth-order valence-electron chi connectivity index (χ4n) is 1.98. The molecule has 0 radical (unpaired) electrons. The molecule has 1 aromatic carbocycles. The van der Waals surface area contributed by atoms with Crippen LogP contribution in [0.25, 0.3) is 11.3 Å². The summed E-state index contributed by atoms with van der Waals surface area (Å²) in [6, 6.07) is 7.36. The lowest BCUT2D eigenvalue weighted by atomic mass is 10.2. The molecule has 2 aromatic rings. The molecule has 0 aliphatic carbocycles. The van der Waals surface area contributed by atoms with Crippen molar-refractivity contribution in [2.75, 3.05) is 20.1 Å². The lowest BCUT2D eigenvalue weighted by Gasteiger charge is -2.03.